The minimum absolute atomic E-state index is 0.498. The van der Waals surface area contributed by atoms with Crippen molar-refractivity contribution in [3.63, 3.8) is 0 Å². The number of aromatic nitrogens is 3. The predicted octanol–water partition coefficient (Wildman–Crippen LogP) is 0.778. The molecule has 0 spiro atoms. The van der Waals surface area contributed by atoms with Crippen LogP contribution in [-0.4, -0.2) is 27.7 Å². The summed E-state index contributed by atoms with van der Waals surface area (Å²) in [5, 5.41) is 11.8. The van der Waals surface area contributed by atoms with Crippen LogP contribution < -0.4 is 11.1 Å². The van der Waals surface area contributed by atoms with E-state index >= 15 is 0 Å². The number of hydrogen-bond donors (Lipinski definition) is 2. The second kappa shape index (κ2) is 3.75. The smallest absolute Gasteiger partial charge is 0.160 e. The summed E-state index contributed by atoms with van der Waals surface area (Å²) in [4.78, 5) is 0. The summed E-state index contributed by atoms with van der Waals surface area (Å²) < 4.78 is 2.02. The zero-order chi connectivity index (χ0) is 11.0. The average molecular weight is 217 g/mol. The SMILES string of the molecule is Nc1ccc2nnc(C3CCNCC3)n2c1. The molecule has 0 bridgehead atoms. The lowest BCUT2D eigenvalue weighted by molar-refractivity contribution is 0.442. The quantitative estimate of drug-likeness (QED) is 0.740. The molecule has 2 aromatic heterocycles. The highest BCUT2D eigenvalue weighted by atomic mass is 15.2. The number of fused-ring (bicyclic) bond motifs is 1. The maximum Gasteiger partial charge on any atom is 0.160 e. The molecule has 16 heavy (non-hydrogen) atoms. The van der Waals surface area contributed by atoms with Crippen LogP contribution in [0.2, 0.25) is 0 Å². The van der Waals surface area contributed by atoms with Crippen molar-refractivity contribution >= 4 is 11.3 Å². The van der Waals surface area contributed by atoms with Crippen molar-refractivity contribution in [1.29, 1.82) is 0 Å². The normalized spacial score (nSPS) is 18.0. The zero-order valence-electron chi connectivity index (χ0n) is 9.06. The second-order valence-corrected chi connectivity index (χ2v) is 4.27. The minimum Gasteiger partial charge on any atom is -0.398 e. The molecule has 0 unspecified atom stereocenters. The molecular formula is C11H15N5. The Morgan fingerprint density at radius 2 is 2.06 bits per heavy atom. The van der Waals surface area contributed by atoms with E-state index in [1.54, 1.807) is 0 Å². The third kappa shape index (κ3) is 1.53. The first-order chi connectivity index (χ1) is 7.84. The Bertz CT molecular complexity index is 498. The fourth-order valence-electron chi connectivity index (χ4n) is 2.28. The van der Waals surface area contributed by atoms with Gasteiger partial charge in [0, 0.05) is 17.8 Å². The first-order valence-electron chi connectivity index (χ1n) is 5.65. The van der Waals surface area contributed by atoms with Crippen molar-refractivity contribution < 1.29 is 0 Å². The van der Waals surface area contributed by atoms with Crippen molar-refractivity contribution in [3.05, 3.63) is 24.2 Å². The lowest BCUT2D eigenvalue weighted by Gasteiger charge is -2.20. The summed E-state index contributed by atoms with van der Waals surface area (Å²) in [5.41, 5.74) is 7.42. The maximum absolute atomic E-state index is 5.79. The number of nitrogens with zero attached hydrogens (tertiary/aromatic N) is 3. The van der Waals surface area contributed by atoms with E-state index in [9.17, 15) is 0 Å². The number of piperidine rings is 1. The summed E-state index contributed by atoms with van der Waals surface area (Å²) >= 11 is 0. The molecule has 0 amide bonds. The van der Waals surface area contributed by atoms with Gasteiger partial charge in [-0.1, -0.05) is 0 Å². The van der Waals surface area contributed by atoms with Crippen LogP contribution in [0.15, 0.2) is 18.3 Å². The summed E-state index contributed by atoms with van der Waals surface area (Å²) in [6.07, 6.45) is 4.15. The molecule has 0 saturated carbocycles. The fourth-order valence-corrected chi connectivity index (χ4v) is 2.28. The van der Waals surface area contributed by atoms with E-state index in [0.717, 1.165) is 43.1 Å². The number of nitrogens with two attached hydrogens (primary N) is 1. The van der Waals surface area contributed by atoms with Crippen LogP contribution in [0.3, 0.4) is 0 Å². The van der Waals surface area contributed by atoms with Gasteiger partial charge in [-0.3, -0.25) is 4.40 Å². The highest BCUT2D eigenvalue weighted by Crippen LogP contribution is 2.24. The number of rotatable bonds is 1. The summed E-state index contributed by atoms with van der Waals surface area (Å²) in [6, 6.07) is 3.77. The molecule has 1 aliphatic heterocycles. The van der Waals surface area contributed by atoms with E-state index in [2.05, 4.69) is 15.5 Å². The zero-order valence-corrected chi connectivity index (χ0v) is 9.06. The number of anilines is 1. The van der Waals surface area contributed by atoms with Crippen LogP contribution in [0.5, 0.6) is 0 Å². The molecule has 84 valence electrons. The van der Waals surface area contributed by atoms with E-state index < -0.39 is 0 Å². The van der Waals surface area contributed by atoms with Gasteiger partial charge in [0.2, 0.25) is 0 Å². The molecule has 3 N–H and O–H groups in total. The van der Waals surface area contributed by atoms with Crippen LogP contribution in [0, 0.1) is 0 Å². The van der Waals surface area contributed by atoms with Gasteiger partial charge in [-0.2, -0.15) is 0 Å². The van der Waals surface area contributed by atoms with Gasteiger partial charge in [-0.05, 0) is 38.1 Å². The van der Waals surface area contributed by atoms with Gasteiger partial charge in [0.15, 0.2) is 5.65 Å². The van der Waals surface area contributed by atoms with Gasteiger partial charge in [-0.15, -0.1) is 10.2 Å². The first-order valence-corrected chi connectivity index (χ1v) is 5.65. The van der Waals surface area contributed by atoms with Crippen molar-refractivity contribution in [3.8, 4) is 0 Å². The van der Waals surface area contributed by atoms with Crippen molar-refractivity contribution in [2.24, 2.45) is 0 Å². The van der Waals surface area contributed by atoms with Gasteiger partial charge >= 0.3 is 0 Å². The topological polar surface area (TPSA) is 68.2 Å². The van der Waals surface area contributed by atoms with E-state index in [4.69, 9.17) is 5.73 Å². The lowest BCUT2D eigenvalue weighted by atomic mass is 9.97. The molecule has 0 radical (unpaired) electrons. The number of hydrogen-bond acceptors (Lipinski definition) is 4. The predicted molar refractivity (Wildman–Crippen MR) is 62.2 cm³/mol. The Balaban J connectivity index is 2.05. The molecule has 5 nitrogen and oxygen atoms in total. The van der Waals surface area contributed by atoms with Crippen molar-refractivity contribution in [1.82, 2.24) is 19.9 Å². The summed E-state index contributed by atoms with van der Waals surface area (Å²) in [5.74, 6) is 1.54. The fraction of sp³-hybridized carbons (Fsp3) is 0.455. The van der Waals surface area contributed by atoms with Gasteiger partial charge in [0.25, 0.3) is 0 Å². The Morgan fingerprint density at radius 1 is 1.25 bits per heavy atom. The molecular weight excluding hydrogens is 202 g/mol. The van der Waals surface area contributed by atoms with Gasteiger partial charge < -0.3 is 11.1 Å². The van der Waals surface area contributed by atoms with Crippen molar-refractivity contribution in [2.45, 2.75) is 18.8 Å². The molecule has 3 rings (SSSR count). The molecule has 0 atom stereocenters. The lowest BCUT2D eigenvalue weighted by Crippen LogP contribution is -2.27. The molecule has 1 fully saturated rings. The van der Waals surface area contributed by atoms with Crippen molar-refractivity contribution in [2.75, 3.05) is 18.8 Å². The van der Waals surface area contributed by atoms with E-state index in [-0.39, 0.29) is 0 Å². The Labute approximate surface area is 93.7 Å². The Hall–Kier alpha value is -1.62. The largest absolute Gasteiger partial charge is 0.398 e. The molecule has 1 aliphatic rings. The summed E-state index contributed by atoms with van der Waals surface area (Å²) in [6.45, 7) is 2.11. The van der Waals surface area contributed by atoms with Crippen LogP contribution in [-0.2, 0) is 0 Å². The standard InChI is InChI=1S/C11H15N5/c12-9-1-2-10-14-15-11(16(10)7-9)8-3-5-13-6-4-8/h1-2,7-8,13H,3-6,12H2. The van der Waals surface area contributed by atoms with E-state index in [1.165, 1.54) is 0 Å². The molecule has 0 aromatic carbocycles. The minimum atomic E-state index is 0.498. The second-order valence-electron chi connectivity index (χ2n) is 4.27. The molecule has 1 saturated heterocycles. The highest BCUT2D eigenvalue weighted by Gasteiger charge is 2.20. The van der Waals surface area contributed by atoms with E-state index in [0.29, 0.717) is 5.92 Å². The van der Waals surface area contributed by atoms with Crippen LogP contribution in [0.4, 0.5) is 5.69 Å². The van der Waals surface area contributed by atoms with Gasteiger partial charge in [0.1, 0.15) is 5.82 Å². The summed E-state index contributed by atoms with van der Waals surface area (Å²) in [7, 11) is 0. The van der Waals surface area contributed by atoms with Crippen LogP contribution >= 0.6 is 0 Å². The van der Waals surface area contributed by atoms with Gasteiger partial charge in [-0.25, -0.2) is 0 Å². The third-order valence-electron chi connectivity index (χ3n) is 3.16. The molecule has 0 aliphatic carbocycles. The number of nitrogens with one attached hydrogen (secondary N) is 1. The van der Waals surface area contributed by atoms with Crippen LogP contribution in [0.1, 0.15) is 24.6 Å². The third-order valence-corrected chi connectivity index (χ3v) is 3.16. The number of pyridine rings is 1. The monoisotopic (exact) mass is 217 g/mol. The molecule has 3 heterocycles. The average Bonchev–Trinajstić information content (AvgIpc) is 2.73. The number of nitrogen functional groups attached to an aromatic ring is 1. The van der Waals surface area contributed by atoms with Gasteiger partial charge in [0.05, 0.1) is 0 Å². The highest BCUT2D eigenvalue weighted by molar-refractivity contribution is 5.47. The molecule has 2 aromatic rings. The van der Waals surface area contributed by atoms with Crippen LogP contribution in [0.25, 0.3) is 5.65 Å². The maximum atomic E-state index is 5.79. The van der Waals surface area contributed by atoms with E-state index in [1.807, 2.05) is 22.7 Å². The Morgan fingerprint density at radius 3 is 2.88 bits per heavy atom. The first kappa shape index (κ1) is 9.59. The Kier molecular flexibility index (Phi) is 2.25. The molecule has 5 heteroatoms.